The number of nitrogens with one attached hydrogen (secondary N) is 1. The molecule has 0 unspecified atom stereocenters. The highest BCUT2D eigenvalue weighted by atomic mass is 79.9. The largest absolute Gasteiger partial charge is 0.309 e. The summed E-state index contributed by atoms with van der Waals surface area (Å²) in [6.07, 6.45) is 0. The van der Waals surface area contributed by atoms with Crippen LogP contribution in [0.5, 0.6) is 0 Å². The fraction of sp³-hybridized carbons (Fsp3) is 0.250. The summed E-state index contributed by atoms with van der Waals surface area (Å²) in [5.74, 6) is -0.390. The number of benzene rings is 2. The quantitative estimate of drug-likeness (QED) is 0.855. The van der Waals surface area contributed by atoms with Crippen LogP contribution >= 0.6 is 15.9 Å². The second kappa shape index (κ2) is 6.46. The van der Waals surface area contributed by atoms with Crippen molar-refractivity contribution in [2.75, 3.05) is 0 Å². The molecule has 1 nitrogen and oxygen atoms in total. The van der Waals surface area contributed by atoms with Gasteiger partial charge in [0.1, 0.15) is 11.6 Å². The summed E-state index contributed by atoms with van der Waals surface area (Å²) in [5.41, 5.74) is 2.87. The number of halogens is 3. The SMILES string of the molecule is Cc1cc(CNCc2cc(Br)ccc2F)cc(C)c1F. The van der Waals surface area contributed by atoms with Crippen LogP contribution in [0.3, 0.4) is 0 Å². The van der Waals surface area contributed by atoms with Gasteiger partial charge in [0.05, 0.1) is 0 Å². The molecule has 20 heavy (non-hydrogen) atoms. The fourth-order valence-corrected chi connectivity index (χ4v) is 2.57. The Hall–Kier alpha value is -1.26. The summed E-state index contributed by atoms with van der Waals surface area (Å²) >= 11 is 3.32. The van der Waals surface area contributed by atoms with Crippen LogP contribution < -0.4 is 5.32 Å². The third-order valence-corrected chi connectivity index (χ3v) is 3.64. The molecule has 0 fully saturated rings. The maximum Gasteiger partial charge on any atom is 0.129 e. The monoisotopic (exact) mass is 339 g/mol. The van der Waals surface area contributed by atoms with Crippen molar-refractivity contribution in [2.24, 2.45) is 0 Å². The van der Waals surface area contributed by atoms with E-state index in [9.17, 15) is 8.78 Å². The van der Waals surface area contributed by atoms with Crippen molar-refractivity contribution in [3.63, 3.8) is 0 Å². The van der Waals surface area contributed by atoms with Crippen molar-refractivity contribution in [2.45, 2.75) is 26.9 Å². The van der Waals surface area contributed by atoms with Crippen molar-refractivity contribution in [1.29, 1.82) is 0 Å². The van der Waals surface area contributed by atoms with E-state index < -0.39 is 0 Å². The first-order valence-electron chi connectivity index (χ1n) is 6.37. The smallest absolute Gasteiger partial charge is 0.129 e. The van der Waals surface area contributed by atoms with Crippen molar-refractivity contribution in [3.05, 3.63) is 68.7 Å². The van der Waals surface area contributed by atoms with Crippen LogP contribution in [-0.4, -0.2) is 0 Å². The molecule has 0 saturated carbocycles. The van der Waals surface area contributed by atoms with Crippen molar-refractivity contribution in [1.82, 2.24) is 5.32 Å². The van der Waals surface area contributed by atoms with Gasteiger partial charge in [-0.2, -0.15) is 0 Å². The third-order valence-electron chi connectivity index (χ3n) is 3.15. The Morgan fingerprint density at radius 2 is 1.65 bits per heavy atom. The molecule has 0 heterocycles. The second-order valence-electron chi connectivity index (χ2n) is 4.88. The van der Waals surface area contributed by atoms with E-state index in [-0.39, 0.29) is 11.6 Å². The Balaban J connectivity index is 2.01. The molecule has 0 spiro atoms. The molecule has 0 amide bonds. The summed E-state index contributed by atoms with van der Waals surface area (Å²) < 4.78 is 27.9. The van der Waals surface area contributed by atoms with E-state index in [1.54, 1.807) is 26.0 Å². The summed E-state index contributed by atoms with van der Waals surface area (Å²) in [6.45, 7) is 4.51. The van der Waals surface area contributed by atoms with Gasteiger partial charge in [-0.15, -0.1) is 0 Å². The van der Waals surface area contributed by atoms with Crippen LogP contribution in [0.2, 0.25) is 0 Å². The lowest BCUT2D eigenvalue weighted by Crippen LogP contribution is -2.14. The van der Waals surface area contributed by atoms with Gasteiger partial charge in [-0.1, -0.05) is 28.1 Å². The molecule has 0 bridgehead atoms. The molecular weight excluding hydrogens is 324 g/mol. The van der Waals surface area contributed by atoms with Gasteiger partial charge in [0, 0.05) is 23.1 Å². The Kier molecular flexibility index (Phi) is 4.89. The van der Waals surface area contributed by atoms with Crippen molar-refractivity contribution >= 4 is 15.9 Å². The zero-order chi connectivity index (χ0) is 14.7. The Morgan fingerprint density at radius 3 is 2.30 bits per heavy atom. The molecule has 106 valence electrons. The molecule has 0 aliphatic carbocycles. The summed E-state index contributed by atoms with van der Waals surface area (Å²) in [6, 6.07) is 8.49. The number of hydrogen-bond donors (Lipinski definition) is 1. The lowest BCUT2D eigenvalue weighted by atomic mass is 10.1. The van der Waals surface area contributed by atoms with Gasteiger partial charge in [-0.25, -0.2) is 8.78 Å². The average molecular weight is 340 g/mol. The molecule has 0 radical (unpaired) electrons. The molecular formula is C16H16BrF2N. The summed E-state index contributed by atoms with van der Waals surface area (Å²) in [7, 11) is 0. The first kappa shape index (κ1) is 15.1. The summed E-state index contributed by atoms with van der Waals surface area (Å²) in [5, 5.41) is 3.18. The molecule has 0 aromatic heterocycles. The molecule has 2 aromatic carbocycles. The van der Waals surface area contributed by atoms with Crippen molar-refractivity contribution < 1.29 is 8.78 Å². The Bertz CT molecular complexity index is 603. The molecule has 0 aliphatic rings. The van der Waals surface area contributed by atoms with E-state index in [4.69, 9.17) is 0 Å². The predicted molar refractivity (Wildman–Crippen MR) is 80.5 cm³/mol. The highest BCUT2D eigenvalue weighted by molar-refractivity contribution is 9.10. The Morgan fingerprint density at radius 1 is 1.00 bits per heavy atom. The van der Waals surface area contributed by atoms with Crippen LogP contribution in [0.4, 0.5) is 8.78 Å². The third kappa shape index (κ3) is 3.64. The van der Waals surface area contributed by atoms with E-state index in [1.807, 2.05) is 12.1 Å². The van der Waals surface area contributed by atoms with Crippen LogP contribution in [-0.2, 0) is 13.1 Å². The van der Waals surface area contributed by atoms with E-state index in [1.165, 1.54) is 6.07 Å². The van der Waals surface area contributed by atoms with Gasteiger partial charge >= 0.3 is 0 Å². The van der Waals surface area contributed by atoms with Gasteiger partial charge in [0.2, 0.25) is 0 Å². The van der Waals surface area contributed by atoms with E-state index >= 15 is 0 Å². The standard InChI is InChI=1S/C16H16BrF2N/c1-10-5-12(6-11(2)16(10)19)8-20-9-13-7-14(17)3-4-15(13)18/h3-7,20H,8-9H2,1-2H3. The van der Waals surface area contributed by atoms with Gasteiger partial charge in [0.15, 0.2) is 0 Å². The lowest BCUT2D eigenvalue weighted by molar-refractivity contribution is 0.585. The van der Waals surface area contributed by atoms with Gasteiger partial charge in [-0.05, 0) is 48.7 Å². The van der Waals surface area contributed by atoms with Gasteiger partial charge < -0.3 is 5.32 Å². The van der Waals surface area contributed by atoms with Crippen LogP contribution in [0.15, 0.2) is 34.8 Å². The number of aryl methyl sites for hydroxylation is 2. The number of rotatable bonds is 4. The van der Waals surface area contributed by atoms with E-state index in [0.717, 1.165) is 10.0 Å². The maximum absolute atomic E-state index is 13.6. The molecule has 1 N–H and O–H groups in total. The molecule has 2 rings (SSSR count). The topological polar surface area (TPSA) is 12.0 Å². The normalized spacial score (nSPS) is 10.8. The van der Waals surface area contributed by atoms with Crippen molar-refractivity contribution in [3.8, 4) is 0 Å². The summed E-state index contributed by atoms with van der Waals surface area (Å²) in [4.78, 5) is 0. The van der Waals surface area contributed by atoms with Crippen LogP contribution in [0.25, 0.3) is 0 Å². The van der Waals surface area contributed by atoms with Gasteiger partial charge in [-0.3, -0.25) is 0 Å². The van der Waals surface area contributed by atoms with Crippen LogP contribution in [0, 0.1) is 25.5 Å². The van der Waals surface area contributed by atoms with E-state index in [2.05, 4.69) is 21.2 Å². The Labute approximate surface area is 126 Å². The highest BCUT2D eigenvalue weighted by Crippen LogP contribution is 2.17. The predicted octanol–water partition coefficient (Wildman–Crippen LogP) is 4.63. The second-order valence-corrected chi connectivity index (χ2v) is 5.80. The molecule has 4 heteroatoms. The van der Waals surface area contributed by atoms with Gasteiger partial charge in [0.25, 0.3) is 0 Å². The minimum atomic E-state index is -0.229. The fourth-order valence-electron chi connectivity index (χ4n) is 2.16. The first-order valence-corrected chi connectivity index (χ1v) is 7.17. The van der Waals surface area contributed by atoms with Crippen LogP contribution in [0.1, 0.15) is 22.3 Å². The maximum atomic E-state index is 13.6. The molecule has 0 atom stereocenters. The molecule has 0 aliphatic heterocycles. The minimum Gasteiger partial charge on any atom is -0.309 e. The number of hydrogen-bond acceptors (Lipinski definition) is 1. The minimum absolute atomic E-state index is 0.160. The molecule has 2 aromatic rings. The highest BCUT2D eigenvalue weighted by Gasteiger charge is 2.05. The average Bonchev–Trinajstić information content (AvgIpc) is 2.40. The lowest BCUT2D eigenvalue weighted by Gasteiger charge is -2.09. The zero-order valence-electron chi connectivity index (χ0n) is 11.4. The zero-order valence-corrected chi connectivity index (χ0v) is 13.0. The first-order chi connectivity index (χ1) is 9.47. The molecule has 0 saturated heterocycles. The van der Waals surface area contributed by atoms with E-state index in [0.29, 0.717) is 29.8 Å².